The van der Waals surface area contributed by atoms with Gasteiger partial charge in [-0.1, -0.05) is 30.3 Å². The third-order valence-electron chi connectivity index (χ3n) is 6.32. The molecule has 0 bridgehead atoms. The van der Waals surface area contributed by atoms with Crippen LogP contribution in [0.4, 0.5) is 30.2 Å². The van der Waals surface area contributed by atoms with Crippen molar-refractivity contribution < 1.29 is 22.6 Å². The van der Waals surface area contributed by atoms with E-state index < -0.39 is 11.7 Å². The second-order valence-electron chi connectivity index (χ2n) is 8.07. The number of para-hydroxylation sites is 1. The number of nitrogens with zero attached hydrogens (tertiary/aromatic N) is 1. The molecule has 0 amide bonds. The Morgan fingerprint density at radius 1 is 0.625 bits per heavy atom. The molecule has 0 saturated heterocycles. The van der Waals surface area contributed by atoms with Crippen LogP contribution in [0, 0.1) is 0 Å². The Bertz CT molecular complexity index is 1360. The summed E-state index contributed by atoms with van der Waals surface area (Å²) in [5, 5.41) is 0. The van der Waals surface area contributed by atoms with E-state index in [-0.39, 0.29) is 18.2 Å². The first-order chi connectivity index (χ1) is 15.5. The van der Waals surface area contributed by atoms with Crippen molar-refractivity contribution in [3.63, 3.8) is 0 Å². The van der Waals surface area contributed by atoms with Gasteiger partial charge in [-0.15, -0.1) is 0 Å². The lowest BCUT2D eigenvalue weighted by molar-refractivity contribution is -0.137. The van der Waals surface area contributed by atoms with Gasteiger partial charge in [-0.25, -0.2) is 0 Å². The van der Waals surface area contributed by atoms with E-state index in [1.807, 2.05) is 66.7 Å². The maximum Gasteiger partial charge on any atom is 0.416 e. The Balaban J connectivity index is 1.57. The van der Waals surface area contributed by atoms with E-state index in [0.29, 0.717) is 17.0 Å². The van der Waals surface area contributed by atoms with Crippen LogP contribution in [-0.2, 0) is 6.18 Å². The molecule has 0 spiro atoms. The quantitative estimate of drug-likeness (QED) is 0.336. The maximum atomic E-state index is 13.6. The molecular weight excluding hydrogens is 414 g/mol. The minimum Gasteiger partial charge on any atom is -0.458 e. The maximum absolute atomic E-state index is 13.6. The number of ether oxygens (including phenoxy) is 2. The third kappa shape index (κ3) is 2.23. The van der Waals surface area contributed by atoms with Crippen LogP contribution >= 0.6 is 0 Å². The zero-order chi connectivity index (χ0) is 21.6. The van der Waals surface area contributed by atoms with Crippen LogP contribution in [0.5, 0.6) is 23.0 Å². The van der Waals surface area contributed by atoms with Crippen LogP contribution in [0.2, 0.25) is 0 Å². The van der Waals surface area contributed by atoms with Gasteiger partial charge in [0.1, 0.15) is 23.0 Å². The Hall–Kier alpha value is -3.87. The molecule has 4 aromatic rings. The number of halogens is 3. The Morgan fingerprint density at radius 3 is 1.72 bits per heavy atom. The SMILES string of the molecule is FC(F)(F)c1cc2c3c(c1)Oc1cccc4c1B3c1c(cccc1N4c1ccccc1)O2. The second-order valence-corrected chi connectivity index (χ2v) is 8.07. The van der Waals surface area contributed by atoms with Crippen LogP contribution in [-0.4, -0.2) is 6.71 Å². The molecule has 3 aliphatic heterocycles. The van der Waals surface area contributed by atoms with Crippen LogP contribution in [0.1, 0.15) is 5.56 Å². The summed E-state index contributed by atoms with van der Waals surface area (Å²) < 4.78 is 52.9. The summed E-state index contributed by atoms with van der Waals surface area (Å²) in [6, 6.07) is 23.6. The van der Waals surface area contributed by atoms with Gasteiger partial charge in [-0.3, -0.25) is 0 Å². The monoisotopic (exact) mass is 427 g/mol. The average Bonchev–Trinajstić information content (AvgIpc) is 2.79. The second kappa shape index (κ2) is 5.88. The molecule has 4 aromatic carbocycles. The molecule has 3 heterocycles. The van der Waals surface area contributed by atoms with E-state index in [9.17, 15) is 13.2 Å². The molecule has 7 heteroatoms. The number of alkyl halides is 3. The summed E-state index contributed by atoms with van der Waals surface area (Å²) in [7, 11) is 0. The van der Waals surface area contributed by atoms with E-state index in [2.05, 4.69) is 4.90 Å². The number of anilines is 3. The number of hydrogen-bond donors (Lipinski definition) is 0. The lowest BCUT2D eigenvalue weighted by Gasteiger charge is -2.42. The number of hydrogen-bond acceptors (Lipinski definition) is 3. The lowest BCUT2D eigenvalue weighted by atomic mass is 9.33. The summed E-state index contributed by atoms with van der Waals surface area (Å²) >= 11 is 0. The van der Waals surface area contributed by atoms with Gasteiger partial charge in [-0.2, -0.15) is 13.2 Å². The van der Waals surface area contributed by atoms with Crippen molar-refractivity contribution in [3.8, 4) is 23.0 Å². The van der Waals surface area contributed by atoms with Gasteiger partial charge in [-0.05, 0) is 59.5 Å². The molecule has 3 aliphatic rings. The predicted octanol–water partition coefficient (Wildman–Crippen LogP) is 5.22. The molecule has 0 atom stereocenters. The van der Waals surface area contributed by atoms with Crippen molar-refractivity contribution in [1.82, 2.24) is 0 Å². The first-order valence-electron chi connectivity index (χ1n) is 10.2. The van der Waals surface area contributed by atoms with Gasteiger partial charge in [0.15, 0.2) is 0 Å². The van der Waals surface area contributed by atoms with Gasteiger partial charge in [0, 0.05) is 22.5 Å². The first kappa shape index (κ1) is 17.8. The predicted molar refractivity (Wildman–Crippen MR) is 117 cm³/mol. The average molecular weight is 427 g/mol. The minimum atomic E-state index is -4.50. The molecule has 7 rings (SSSR count). The highest BCUT2D eigenvalue weighted by atomic mass is 19.4. The summed E-state index contributed by atoms with van der Waals surface area (Å²) in [6.07, 6.45) is -4.50. The smallest absolute Gasteiger partial charge is 0.416 e. The highest BCUT2D eigenvalue weighted by molar-refractivity contribution is 7.00. The standard InChI is InChI=1S/C25H13BF3NO2/c27-25(28,29)14-12-20-24-21(13-14)32-19-11-5-9-17-23(19)26(24)22-16(8-4-10-18(22)31-20)30(17)15-6-2-1-3-7-15/h1-13H. The highest BCUT2D eigenvalue weighted by Gasteiger charge is 2.48. The van der Waals surface area contributed by atoms with E-state index in [4.69, 9.17) is 9.47 Å². The zero-order valence-corrected chi connectivity index (χ0v) is 16.5. The molecule has 0 aliphatic carbocycles. The molecule has 0 N–H and O–H groups in total. The van der Waals surface area contributed by atoms with Crippen LogP contribution < -0.4 is 30.8 Å². The van der Waals surface area contributed by atoms with Crippen molar-refractivity contribution in [1.29, 1.82) is 0 Å². The first-order valence-corrected chi connectivity index (χ1v) is 10.2. The Labute approximate surface area is 181 Å². The van der Waals surface area contributed by atoms with Crippen molar-refractivity contribution >= 4 is 40.2 Å². The van der Waals surface area contributed by atoms with E-state index >= 15 is 0 Å². The molecular formula is C25H13BF3NO2. The molecule has 0 saturated carbocycles. The van der Waals surface area contributed by atoms with E-state index in [0.717, 1.165) is 40.1 Å². The van der Waals surface area contributed by atoms with Crippen molar-refractivity contribution in [2.24, 2.45) is 0 Å². The normalized spacial score (nSPS) is 14.5. The van der Waals surface area contributed by atoms with Gasteiger partial charge in [0.05, 0.1) is 5.56 Å². The van der Waals surface area contributed by atoms with Crippen LogP contribution in [0.15, 0.2) is 78.9 Å². The summed E-state index contributed by atoms with van der Waals surface area (Å²) in [5.41, 5.74) is 4.61. The van der Waals surface area contributed by atoms with Gasteiger partial charge in [0.2, 0.25) is 0 Å². The summed E-state index contributed by atoms with van der Waals surface area (Å²) in [4.78, 5) is 2.15. The third-order valence-corrected chi connectivity index (χ3v) is 6.32. The van der Waals surface area contributed by atoms with Crippen LogP contribution in [0.25, 0.3) is 0 Å². The lowest BCUT2D eigenvalue weighted by Crippen LogP contribution is -2.61. The molecule has 0 unspecified atom stereocenters. The highest BCUT2D eigenvalue weighted by Crippen LogP contribution is 2.46. The molecule has 32 heavy (non-hydrogen) atoms. The minimum absolute atomic E-state index is 0.193. The van der Waals surface area contributed by atoms with E-state index in [1.54, 1.807) is 0 Å². The molecule has 3 nitrogen and oxygen atoms in total. The van der Waals surface area contributed by atoms with Crippen molar-refractivity contribution in [3.05, 3.63) is 84.4 Å². The van der Waals surface area contributed by atoms with E-state index in [1.165, 1.54) is 0 Å². The molecule has 0 fully saturated rings. The van der Waals surface area contributed by atoms with Crippen LogP contribution in [0.3, 0.4) is 0 Å². The molecule has 0 radical (unpaired) electrons. The van der Waals surface area contributed by atoms with Gasteiger partial charge >= 0.3 is 6.18 Å². The fourth-order valence-electron chi connectivity index (χ4n) is 5.09. The van der Waals surface area contributed by atoms with Crippen molar-refractivity contribution in [2.45, 2.75) is 6.18 Å². The van der Waals surface area contributed by atoms with Gasteiger partial charge < -0.3 is 14.4 Å². The van der Waals surface area contributed by atoms with Gasteiger partial charge in [0.25, 0.3) is 6.71 Å². The fraction of sp³-hybridized carbons (Fsp3) is 0.0400. The summed E-state index contributed by atoms with van der Waals surface area (Å²) in [5.74, 6) is 1.51. The number of benzene rings is 4. The molecule has 0 aromatic heterocycles. The number of rotatable bonds is 1. The Morgan fingerprint density at radius 2 is 1.19 bits per heavy atom. The topological polar surface area (TPSA) is 21.7 Å². The Kier molecular flexibility index (Phi) is 3.27. The summed E-state index contributed by atoms with van der Waals surface area (Å²) in [6.45, 7) is -0.262. The molecule has 154 valence electrons. The largest absolute Gasteiger partial charge is 0.458 e. The fourth-order valence-corrected chi connectivity index (χ4v) is 5.09. The van der Waals surface area contributed by atoms with Crippen molar-refractivity contribution in [2.75, 3.05) is 4.90 Å². The zero-order valence-electron chi connectivity index (χ0n) is 16.5.